The number of phenolic OH excluding ortho intramolecular Hbond substituents is 1. The molecule has 0 spiro atoms. The molecular weight excluding hydrogens is 500 g/mol. The van der Waals surface area contributed by atoms with E-state index < -0.39 is 0 Å². The second-order valence-corrected chi connectivity index (χ2v) is 7.85. The summed E-state index contributed by atoms with van der Waals surface area (Å²) in [5.74, 6) is -0.231. The fourth-order valence-electron chi connectivity index (χ4n) is 2.36. The third-order valence-electron chi connectivity index (χ3n) is 3.77. The van der Waals surface area contributed by atoms with Crippen LogP contribution in [0.3, 0.4) is 0 Å². The highest BCUT2D eigenvalue weighted by atomic mass is 79.9. The Morgan fingerprint density at radius 2 is 1.66 bits per heavy atom. The van der Waals surface area contributed by atoms with Crippen molar-refractivity contribution in [2.24, 2.45) is 15.3 Å². The van der Waals surface area contributed by atoms with Gasteiger partial charge in [0.25, 0.3) is 0 Å². The van der Waals surface area contributed by atoms with Crippen LogP contribution in [0.4, 0.5) is 11.4 Å². The van der Waals surface area contributed by atoms with Crippen LogP contribution in [0.25, 0.3) is 0 Å². The van der Waals surface area contributed by atoms with Gasteiger partial charge in [-0.2, -0.15) is 15.3 Å². The third-order valence-corrected chi connectivity index (χ3v) is 4.79. The number of rotatable bonds is 6. The fraction of sp³-hybridized carbons (Fsp3) is 0.0476. The van der Waals surface area contributed by atoms with Gasteiger partial charge in [-0.05, 0) is 54.1 Å². The lowest BCUT2D eigenvalue weighted by molar-refractivity contribution is -0.120. The van der Waals surface area contributed by atoms with Crippen LogP contribution in [-0.4, -0.2) is 17.2 Å². The zero-order valence-corrected chi connectivity index (χ0v) is 18.3. The number of hydrogen-bond acceptors (Lipinski definition) is 5. The number of halogens is 2. The van der Waals surface area contributed by atoms with E-state index in [1.807, 2.05) is 48.5 Å². The Morgan fingerprint density at radius 3 is 2.38 bits per heavy atom. The second kappa shape index (κ2) is 10.1. The number of hydrazone groups is 1. The Labute approximate surface area is 184 Å². The van der Waals surface area contributed by atoms with E-state index in [0.717, 1.165) is 14.5 Å². The lowest BCUT2D eigenvalue weighted by atomic mass is 10.1. The molecule has 0 unspecified atom stereocenters. The van der Waals surface area contributed by atoms with E-state index in [0.29, 0.717) is 16.9 Å². The average molecular weight is 516 g/mol. The molecule has 8 heteroatoms. The minimum atomic E-state index is -0.256. The Hall–Kier alpha value is -2.84. The first-order valence-corrected chi connectivity index (χ1v) is 10.1. The van der Waals surface area contributed by atoms with E-state index in [1.165, 1.54) is 12.3 Å². The van der Waals surface area contributed by atoms with E-state index >= 15 is 0 Å². The van der Waals surface area contributed by atoms with Crippen molar-refractivity contribution in [1.82, 2.24) is 5.43 Å². The van der Waals surface area contributed by atoms with Gasteiger partial charge in [-0.25, -0.2) is 5.43 Å². The van der Waals surface area contributed by atoms with Gasteiger partial charge in [-0.1, -0.05) is 50.1 Å². The Bertz CT molecular complexity index is 1070. The third kappa shape index (κ3) is 6.62. The molecule has 3 aromatic rings. The molecule has 0 bridgehead atoms. The van der Waals surface area contributed by atoms with Crippen molar-refractivity contribution in [3.05, 3.63) is 86.8 Å². The summed E-state index contributed by atoms with van der Waals surface area (Å²) in [5.41, 5.74) is 4.99. The van der Waals surface area contributed by atoms with Gasteiger partial charge in [0.05, 0.1) is 24.0 Å². The van der Waals surface area contributed by atoms with Crippen molar-refractivity contribution < 1.29 is 9.90 Å². The molecule has 0 radical (unpaired) electrons. The summed E-state index contributed by atoms with van der Waals surface area (Å²) in [4.78, 5) is 12.0. The van der Waals surface area contributed by atoms with Crippen LogP contribution in [0.15, 0.2) is 91.0 Å². The number of nitrogens with zero attached hydrogens (tertiary/aromatic N) is 3. The predicted molar refractivity (Wildman–Crippen MR) is 120 cm³/mol. The molecule has 3 aromatic carbocycles. The number of amides is 1. The molecular formula is C21H16Br2N4O2. The van der Waals surface area contributed by atoms with Gasteiger partial charge >= 0.3 is 0 Å². The van der Waals surface area contributed by atoms with Crippen LogP contribution in [0.5, 0.6) is 5.75 Å². The molecule has 146 valence electrons. The number of nitrogens with one attached hydrogen (secondary N) is 1. The lowest BCUT2D eigenvalue weighted by Crippen LogP contribution is -2.19. The van der Waals surface area contributed by atoms with Crippen LogP contribution in [-0.2, 0) is 11.2 Å². The normalized spacial score (nSPS) is 11.2. The van der Waals surface area contributed by atoms with E-state index in [2.05, 4.69) is 52.6 Å². The Morgan fingerprint density at radius 1 is 0.931 bits per heavy atom. The van der Waals surface area contributed by atoms with Gasteiger partial charge in [0.1, 0.15) is 5.75 Å². The molecule has 0 saturated carbocycles. The second-order valence-electron chi connectivity index (χ2n) is 6.02. The van der Waals surface area contributed by atoms with Gasteiger partial charge in [0, 0.05) is 14.5 Å². The summed E-state index contributed by atoms with van der Waals surface area (Å²) >= 11 is 6.74. The molecule has 29 heavy (non-hydrogen) atoms. The number of benzene rings is 3. The number of phenols is 1. The Kier molecular flexibility index (Phi) is 7.26. The van der Waals surface area contributed by atoms with Crippen LogP contribution in [0.2, 0.25) is 0 Å². The van der Waals surface area contributed by atoms with Crippen molar-refractivity contribution in [1.29, 1.82) is 0 Å². The molecule has 0 aliphatic carbocycles. The van der Waals surface area contributed by atoms with Crippen molar-refractivity contribution in [3.8, 4) is 5.75 Å². The molecule has 6 nitrogen and oxygen atoms in total. The van der Waals surface area contributed by atoms with Gasteiger partial charge in [0.15, 0.2) is 0 Å². The first-order valence-electron chi connectivity index (χ1n) is 8.56. The summed E-state index contributed by atoms with van der Waals surface area (Å²) in [5, 5.41) is 22.2. The maximum Gasteiger partial charge on any atom is 0.244 e. The van der Waals surface area contributed by atoms with Crippen LogP contribution in [0.1, 0.15) is 11.1 Å². The zero-order chi connectivity index (χ0) is 20.6. The molecule has 0 atom stereocenters. The first-order chi connectivity index (χ1) is 14.0. The number of azo groups is 1. The molecule has 0 aliphatic rings. The summed E-state index contributed by atoms with van der Waals surface area (Å²) in [6, 6.07) is 19.7. The molecule has 0 fully saturated rings. The van der Waals surface area contributed by atoms with Gasteiger partial charge in [-0.3, -0.25) is 4.79 Å². The van der Waals surface area contributed by atoms with Crippen molar-refractivity contribution in [2.75, 3.05) is 0 Å². The van der Waals surface area contributed by atoms with Gasteiger partial charge in [-0.15, -0.1) is 0 Å². The summed E-state index contributed by atoms with van der Waals surface area (Å²) in [6.07, 6.45) is 1.57. The molecule has 0 aliphatic heterocycles. The number of hydrogen-bond donors (Lipinski definition) is 2. The van der Waals surface area contributed by atoms with Gasteiger partial charge in [0.2, 0.25) is 5.91 Å². The largest absolute Gasteiger partial charge is 0.507 e. The predicted octanol–water partition coefficient (Wildman–Crippen LogP) is 6.03. The molecule has 0 aromatic heterocycles. The highest BCUT2D eigenvalue weighted by Gasteiger charge is 2.03. The van der Waals surface area contributed by atoms with Crippen molar-refractivity contribution >= 4 is 55.4 Å². The van der Waals surface area contributed by atoms with E-state index in [1.54, 1.807) is 12.1 Å². The molecule has 2 N–H and O–H groups in total. The summed E-state index contributed by atoms with van der Waals surface area (Å²) < 4.78 is 1.86. The summed E-state index contributed by atoms with van der Waals surface area (Å²) in [6.45, 7) is 0. The van der Waals surface area contributed by atoms with E-state index in [-0.39, 0.29) is 18.1 Å². The number of carbonyl (C=O) groups is 1. The number of aromatic hydroxyl groups is 1. The first kappa shape index (κ1) is 20.9. The quantitative estimate of drug-likeness (QED) is 0.238. The van der Waals surface area contributed by atoms with Crippen molar-refractivity contribution in [2.45, 2.75) is 6.42 Å². The van der Waals surface area contributed by atoms with Crippen LogP contribution >= 0.6 is 31.9 Å². The molecule has 0 saturated heterocycles. The zero-order valence-electron chi connectivity index (χ0n) is 15.1. The van der Waals surface area contributed by atoms with Crippen molar-refractivity contribution in [3.63, 3.8) is 0 Å². The summed E-state index contributed by atoms with van der Waals surface area (Å²) in [7, 11) is 0. The SMILES string of the molecule is O=C(Cc1ccc(Br)cc1)NN=Cc1cc(N=Nc2cccc(Br)c2)ccc1O. The van der Waals surface area contributed by atoms with Crippen LogP contribution < -0.4 is 5.43 Å². The van der Waals surface area contributed by atoms with E-state index in [4.69, 9.17) is 0 Å². The smallest absolute Gasteiger partial charge is 0.244 e. The standard InChI is InChI=1S/C21H16Br2N4O2/c22-16-6-4-14(5-7-16)10-21(29)27-24-13-15-11-19(8-9-20(15)28)26-25-18-3-1-2-17(23)12-18/h1-9,11-13,28H,10H2,(H,27,29). The lowest BCUT2D eigenvalue weighted by Gasteiger charge is -2.02. The average Bonchev–Trinajstić information content (AvgIpc) is 2.70. The highest BCUT2D eigenvalue weighted by Crippen LogP contribution is 2.25. The minimum Gasteiger partial charge on any atom is -0.507 e. The Balaban J connectivity index is 1.63. The van der Waals surface area contributed by atoms with Crippen LogP contribution in [0, 0.1) is 0 Å². The van der Waals surface area contributed by atoms with E-state index in [9.17, 15) is 9.90 Å². The number of carbonyl (C=O) groups excluding carboxylic acids is 1. The fourth-order valence-corrected chi connectivity index (χ4v) is 3.01. The maximum atomic E-state index is 12.0. The minimum absolute atomic E-state index is 0.0253. The monoisotopic (exact) mass is 514 g/mol. The molecule has 0 heterocycles. The molecule has 1 amide bonds. The maximum absolute atomic E-state index is 12.0. The topological polar surface area (TPSA) is 86.4 Å². The highest BCUT2D eigenvalue weighted by molar-refractivity contribution is 9.10. The molecule has 3 rings (SSSR count). The van der Waals surface area contributed by atoms with Gasteiger partial charge < -0.3 is 5.11 Å².